The zero-order valence-electron chi connectivity index (χ0n) is 20.2. The van der Waals surface area contributed by atoms with E-state index in [0.29, 0.717) is 52.1 Å². The molecule has 3 atom stereocenters. The molecule has 0 saturated heterocycles. The highest BCUT2D eigenvalue weighted by Gasteiger charge is 2.31. The van der Waals surface area contributed by atoms with Gasteiger partial charge in [0.25, 0.3) is 0 Å². The van der Waals surface area contributed by atoms with Crippen LogP contribution in [0, 0.1) is 18.8 Å². The lowest BCUT2D eigenvalue weighted by molar-refractivity contribution is -0.145. The van der Waals surface area contributed by atoms with E-state index in [1.165, 1.54) is 0 Å². The normalized spacial score (nSPS) is 18.3. The number of nitrogens with zero attached hydrogens (tertiary/aromatic N) is 1. The number of amides is 1. The van der Waals surface area contributed by atoms with Crippen molar-refractivity contribution in [2.75, 3.05) is 11.9 Å². The zero-order valence-corrected chi connectivity index (χ0v) is 21.0. The van der Waals surface area contributed by atoms with Gasteiger partial charge in [-0.2, -0.15) is 0 Å². The Morgan fingerprint density at radius 3 is 2.61 bits per heavy atom. The number of carbonyl (C=O) groups is 2. The van der Waals surface area contributed by atoms with Crippen molar-refractivity contribution >= 4 is 29.4 Å². The monoisotopic (exact) mass is 512 g/mol. The number of rotatable bonds is 8. The maximum absolute atomic E-state index is 12.6. The summed E-state index contributed by atoms with van der Waals surface area (Å²) in [4.78, 5) is 24.1. The predicted octanol–water partition coefficient (Wildman–Crippen LogP) is 6.88. The van der Waals surface area contributed by atoms with Crippen LogP contribution < -0.4 is 10.1 Å². The largest absolute Gasteiger partial charge is 0.493 e. The van der Waals surface area contributed by atoms with E-state index in [1.54, 1.807) is 50.2 Å². The standard InChI is InChI=1S/C27H29ClN2O6/c1-16-24(29-27(33)35-17(2)21-8-5-6-10-23(21)28)25(36-30-16)18-11-13-20(14-12-18)34-15-19-7-3-4-9-22(19)26(31)32/h5-6,8,10-14,17,19,22H,3-4,7,9,15H2,1-2H3,(H,29,33)(H,31,32)/t17-,19?,22?/m1/s1. The number of aryl methyl sites for hydroxylation is 1. The summed E-state index contributed by atoms with van der Waals surface area (Å²) in [5.74, 6) is -0.0852. The molecule has 1 amide bonds. The van der Waals surface area contributed by atoms with E-state index in [9.17, 15) is 14.7 Å². The van der Waals surface area contributed by atoms with E-state index in [2.05, 4.69) is 10.5 Å². The van der Waals surface area contributed by atoms with Crippen LogP contribution in [0.1, 0.15) is 50.0 Å². The number of aromatic nitrogens is 1. The number of carboxylic acids is 1. The van der Waals surface area contributed by atoms with Gasteiger partial charge in [0, 0.05) is 22.1 Å². The van der Waals surface area contributed by atoms with E-state index in [0.717, 1.165) is 19.3 Å². The van der Waals surface area contributed by atoms with Crippen molar-refractivity contribution in [2.45, 2.75) is 45.6 Å². The van der Waals surface area contributed by atoms with E-state index in [1.807, 2.05) is 12.1 Å². The van der Waals surface area contributed by atoms with Crippen molar-refractivity contribution in [1.82, 2.24) is 5.16 Å². The quantitative estimate of drug-likeness (QED) is 0.338. The molecule has 2 N–H and O–H groups in total. The molecule has 0 radical (unpaired) electrons. The Hall–Kier alpha value is -3.52. The van der Waals surface area contributed by atoms with Crippen LogP contribution >= 0.6 is 11.6 Å². The van der Waals surface area contributed by atoms with Crippen LogP contribution in [-0.2, 0) is 9.53 Å². The van der Waals surface area contributed by atoms with Crippen molar-refractivity contribution in [1.29, 1.82) is 0 Å². The maximum atomic E-state index is 12.6. The van der Waals surface area contributed by atoms with Gasteiger partial charge >= 0.3 is 12.1 Å². The van der Waals surface area contributed by atoms with Crippen molar-refractivity contribution in [3.05, 3.63) is 64.8 Å². The van der Waals surface area contributed by atoms with Gasteiger partial charge in [-0.3, -0.25) is 10.1 Å². The lowest BCUT2D eigenvalue weighted by Crippen LogP contribution is -2.31. The highest BCUT2D eigenvalue weighted by molar-refractivity contribution is 6.31. The van der Waals surface area contributed by atoms with Gasteiger partial charge in [-0.05, 0) is 57.0 Å². The molecule has 4 rings (SSSR count). The second kappa shape index (κ2) is 11.5. The van der Waals surface area contributed by atoms with Gasteiger partial charge in [0.15, 0.2) is 5.76 Å². The molecule has 2 aromatic carbocycles. The molecular formula is C27H29ClN2O6. The van der Waals surface area contributed by atoms with Crippen LogP contribution in [-0.4, -0.2) is 28.9 Å². The minimum absolute atomic E-state index is 0.00261. The van der Waals surface area contributed by atoms with Crippen LogP contribution in [0.4, 0.5) is 10.5 Å². The summed E-state index contributed by atoms with van der Waals surface area (Å²) < 4.78 is 16.9. The molecule has 190 valence electrons. The number of hydrogen-bond donors (Lipinski definition) is 2. The first kappa shape index (κ1) is 25.6. The van der Waals surface area contributed by atoms with Crippen molar-refractivity contribution in [3.63, 3.8) is 0 Å². The van der Waals surface area contributed by atoms with Crippen molar-refractivity contribution < 1.29 is 28.7 Å². The van der Waals surface area contributed by atoms with Crippen molar-refractivity contribution in [3.8, 4) is 17.1 Å². The van der Waals surface area contributed by atoms with E-state index in [-0.39, 0.29) is 11.8 Å². The Labute approximate surface area is 214 Å². The molecule has 9 heteroatoms. The average molecular weight is 513 g/mol. The molecule has 3 aromatic rings. The highest BCUT2D eigenvalue weighted by Crippen LogP contribution is 2.34. The lowest BCUT2D eigenvalue weighted by atomic mass is 9.80. The molecule has 1 aliphatic carbocycles. The predicted molar refractivity (Wildman–Crippen MR) is 135 cm³/mol. The number of benzene rings is 2. The van der Waals surface area contributed by atoms with Gasteiger partial charge in [-0.1, -0.05) is 47.8 Å². The summed E-state index contributed by atoms with van der Waals surface area (Å²) in [7, 11) is 0. The van der Waals surface area contributed by atoms with Gasteiger partial charge in [-0.25, -0.2) is 4.79 Å². The number of carboxylic acid groups (broad SMARTS) is 1. The molecular weight excluding hydrogens is 484 g/mol. The number of carbonyl (C=O) groups excluding carboxylic acids is 1. The number of nitrogens with one attached hydrogen (secondary N) is 1. The summed E-state index contributed by atoms with van der Waals surface area (Å²) in [6.45, 7) is 3.83. The van der Waals surface area contributed by atoms with E-state index < -0.39 is 18.2 Å². The first-order valence-electron chi connectivity index (χ1n) is 12.0. The zero-order chi connectivity index (χ0) is 25.7. The van der Waals surface area contributed by atoms with E-state index >= 15 is 0 Å². The fourth-order valence-electron chi connectivity index (χ4n) is 4.51. The number of ether oxygens (including phenoxy) is 2. The molecule has 1 fully saturated rings. The summed E-state index contributed by atoms with van der Waals surface area (Å²) >= 11 is 6.20. The van der Waals surface area contributed by atoms with Crippen LogP contribution in [0.5, 0.6) is 5.75 Å². The summed E-state index contributed by atoms with van der Waals surface area (Å²) in [6, 6.07) is 14.3. The van der Waals surface area contributed by atoms with Gasteiger partial charge in [0.2, 0.25) is 0 Å². The molecule has 2 unspecified atom stereocenters. The van der Waals surface area contributed by atoms with Gasteiger partial charge in [0.1, 0.15) is 23.2 Å². The maximum Gasteiger partial charge on any atom is 0.412 e. The first-order chi connectivity index (χ1) is 17.3. The molecule has 8 nitrogen and oxygen atoms in total. The third kappa shape index (κ3) is 5.99. The van der Waals surface area contributed by atoms with Crippen LogP contribution in [0.3, 0.4) is 0 Å². The Morgan fingerprint density at radius 2 is 1.89 bits per heavy atom. The number of hydrogen-bond acceptors (Lipinski definition) is 6. The molecule has 1 aromatic heterocycles. The summed E-state index contributed by atoms with van der Waals surface area (Å²) in [5.41, 5.74) is 2.31. The Kier molecular flexibility index (Phi) is 8.15. The fraction of sp³-hybridized carbons (Fsp3) is 0.370. The fourth-order valence-corrected chi connectivity index (χ4v) is 4.80. The number of aliphatic carboxylic acids is 1. The SMILES string of the molecule is Cc1noc(-c2ccc(OCC3CCCCC3C(=O)O)cc2)c1NC(=O)O[C@H](C)c1ccccc1Cl. The van der Waals surface area contributed by atoms with Crippen molar-refractivity contribution in [2.24, 2.45) is 11.8 Å². The third-order valence-corrected chi connectivity index (χ3v) is 6.87. The minimum atomic E-state index is -0.751. The molecule has 0 spiro atoms. The first-order valence-corrected chi connectivity index (χ1v) is 12.4. The highest BCUT2D eigenvalue weighted by atomic mass is 35.5. The molecule has 1 heterocycles. The Balaban J connectivity index is 1.40. The van der Waals surface area contributed by atoms with Gasteiger partial charge in [-0.15, -0.1) is 0 Å². The van der Waals surface area contributed by atoms with Crippen LogP contribution in [0.15, 0.2) is 53.1 Å². The lowest BCUT2D eigenvalue weighted by Gasteiger charge is -2.28. The summed E-state index contributed by atoms with van der Waals surface area (Å²) in [6.07, 6.45) is 2.31. The molecule has 1 aliphatic rings. The smallest absolute Gasteiger partial charge is 0.412 e. The molecule has 0 bridgehead atoms. The van der Waals surface area contributed by atoms with Crippen LogP contribution in [0.2, 0.25) is 5.02 Å². The third-order valence-electron chi connectivity index (χ3n) is 6.52. The van der Waals surface area contributed by atoms with Gasteiger partial charge in [0.05, 0.1) is 12.5 Å². The van der Waals surface area contributed by atoms with Crippen LogP contribution in [0.25, 0.3) is 11.3 Å². The second-order valence-electron chi connectivity index (χ2n) is 8.99. The average Bonchev–Trinajstić information content (AvgIpc) is 3.23. The van der Waals surface area contributed by atoms with Gasteiger partial charge < -0.3 is 19.1 Å². The van der Waals surface area contributed by atoms with E-state index in [4.69, 9.17) is 25.6 Å². The topological polar surface area (TPSA) is 111 Å². The molecule has 36 heavy (non-hydrogen) atoms. The number of halogens is 1. The number of anilines is 1. The Bertz CT molecular complexity index is 1210. The minimum Gasteiger partial charge on any atom is -0.493 e. The Morgan fingerprint density at radius 1 is 1.17 bits per heavy atom. The summed E-state index contributed by atoms with van der Waals surface area (Å²) in [5, 5.41) is 16.7. The second-order valence-corrected chi connectivity index (χ2v) is 9.40. The molecule has 0 aliphatic heterocycles. The molecule has 1 saturated carbocycles.